The molecule has 2 aromatic carbocycles. The summed E-state index contributed by atoms with van der Waals surface area (Å²) < 4.78 is 0. The highest BCUT2D eigenvalue weighted by Gasteiger charge is 2.27. The highest BCUT2D eigenvalue weighted by atomic mass is 16.1. The van der Waals surface area contributed by atoms with Gasteiger partial charge in [-0.15, -0.1) is 0 Å². The van der Waals surface area contributed by atoms with Crippen LogP contribution in [-0.2, 0) is 5.41 Å². The van der Waals surface area contributed by atoms with Gasteiger partial charge in [0, 0.05) is 41.4 Å². The van der Waals surface area contributed by atoms with Gasteiger partial charge in [-0.25, -0.2) is 15.0 Å². The maximum Gasteiger partial charge on any atom is 0.259 e. The summed E-state index contributed by atoms with van der Waals surface area (Å²) in [5, 5.41) is 10.6. The highest BCUT2D eigenvalue weighted by Crippen LogP contribution is 2.38. The number of nitrogens with one attached hydrogen (secondary N) is 3. The molecule has 32 heavy (non-hydrogen) atoms. The number of fused-ring (bicyclic) bond motifs is 2. The zero-order valence-corrected chi connectivity index (χ0v) is 18.0. The van der Waals surface area contributed by atoms with E-state index in [1.54, 1.807) is 24.5 Å². The zero-order chi connectivity index (χ0) is 22.1. The monoisotopic (exact) mass is 424 g/mol. The molecule has 3 N–H and O–H groups in total. The van der Waals surface area contributed by atoms with E-state index in [2.05, 4.69) is 50.8 Å². The minimum Gasteiger partial charge on any atom is -0.385 e. The Bertz CT molecular complexity index is 1320. The number of benzene rings is 2. The molecule has 0 aliphatic carbocycles. The Kier molecular flexibility index (Phi) is 4.93. The Morgan fingerprint density at radius 1 is 1.06 bits per heavy atom. The molecule has 7 heteroatoms. The molecule has 3 heterocycles. The van der Waals surface area contributed by atoms with Crippen molar-refractivity contribution in [2.24, 2.45) is 0 Å². The van der Waals surface area contributed by atoms with Crippen LogP contribution in [0, 0.1) is 0 Å². The second-order valence-electron chi connectivity index (χ2n) is 8.60. The Morgan fingerprint density at radius 3 is 2.84 bits per heavy atom. The van der Waals surface area contributed by atoms with Crippen molar-refractivity contribution >= 4 is 39.7 Å². The molecule has 0 spiro atoms. The lowest BCUT2D eigenvalue weighted by molar-refractivity contribution is 0.102. The molecule has 7 nitrogen and oxygen atoms in total. The summed E-state index contributed by atoms with van der Waals surface area (Å²) in [6.45, 7) is 5.42. The van der Waals surface area contributed by atoms with Crippen molar-refractivity contribution in [3.8, 4) is 0 Å². The normalized spacial score (nSPS) is 14.3. The molecule has 0 unspecified atom stereocenters. The van der Waals surface area contributed by atoms with Crippen molar-refractivity contribution in [1.29, 1.82) is 0 Å². The first-order valence-electron chi connectivity index (χ1n) is 10.6. The van der Waals surface area contributed by atoms with Crippen LogP contribution in [0.15, 0.2) is 67.3 Å². The predicted octanol–water partition coefficient (Wildman–Crippen LogP) is 5.11. The van der Waals surface area contributed by atoms with Crippen LogP contribution >= 0.6 is 0 Å². The second-order valence-corrected chi connectivity index (χ2v) is 8.60. The third-order valence-electron chi connectivity index (χ3n) is 5.89. The first-order valence-corrected chi connectivity index (χ1v) is 10.6. The molecule has 0 radical (unpaired) electrons. The molecule has 0 bridgehead atoms. The van der Waals surface area contributed by atoms with Gasteiger partial charge in [-0.1, -0.05) is 19.9 Å². The van der Waals surface area contributed by atoms with E-state index in [0.29, 0.717) is 11.4 Å². The van der Waals surface area contributed by atoms with Crippen LogP contribution < -0.4 is 16.0 Å². The number of pyridine rings is 1. The van der Waals surface area contributed by atoms with Gasteiger partial charge in [0.15, 0.2) is 0 Å². The Balaban J connectivity index is 1.39. The van der Waals surface area contributed by atoms with Crippen molar-refractivity contribution < 1.29 is 4.79 Å². The van der Waals surface area contributed by atoms with E-state index in [0.717, 1.165) is 40.9 Å². The van der Waals surface area contributed by atoms with E-state index in [-0.39, 0.29) is 11.3 Å². The van der Waals surface area contributed by atoms with Gasteiger partial charge in [0.1, 0.15) is 12.1 Å². The average Bonchev–Trinajstić information content (AvgIpc) is 2.79. The Hall–Kier alpha value is -4.00. The summed E-state index contributed by atoms with van der Waals surface area (Å²) in [7, 11) is 0. The summed E-state index contributed by atoms with van der Waals surface area (Å²) in [4.78, 5) is 25.8. The van der Waals surface area contributed by atoms with Crippen LogP contribution in [0.5, 0.6) is 0 Å². The number of carbonyl (C=O) groups is 1. The first-order chi connectivity index (χ1) is 15.5. The van der Waals surface area contributed by atoms with Crippen molar-refractivity contribution in [2.75, 3.05) is 22.5 Å². The average molecular weight is 425 g/mol. The molecule has 0 saturated carbocycles. The molecule has 0 fully saturated rings. The number of carbonyl (C=O) groups excluding carboxylic acids is 1. The number of rotatable bonds is 4. The van der Waals surface area contributed by atoms with E-state index in [1.807, 2.05) is 30.3 Å². The number of amides is 1. The van der Waals surface area contributed by atoms with Gasteiger partial charge in [0.25, 0.3) is 5.91 Å². The van der Waals surface area contributed by atoms with Gasteiger partial charge in [-0.05, 0) is 59.9 Å². The number of hydrogen-bond acceptors (Lipinski definition) is 6. The lowest BCUT2D eigenvalue weighted by atomic mass is 9.78. The minimum absolute atomic E-state index is 0.120. The number of nitrogens with zero attached hydrogens (tertiary/aromatic N) is 3. The predicted molar refractivity (Wildman–Crippen MR) is 128 cm³/mol. The minimum atomic E-state index is -0.222. The van der Waals surface area contributed by atoms with Crippen molar-refractivity contribution in [1.82, 2.24) is 15.0 Å². The molecular weight excluding hydrogens is 400 g/mol. The van der Waals surface area contributed by atoms with Gasteiger partial charge < -0.3 is 16.0 Å². The number of aromatic nitrogens is 3. The standard InChI is InChI=1S/C25H24N6O/c1-25(2)9-11-27-22-13-18(5-7-20(22)25)31-24(32)19-4-3-10-28-23(19)30-17-6-8-21-16(12-17)14-26-15-29-21/h3-8,10,12-15,27H,9,11H2,1-2H3,(H,28,30)(H,31,32). The van der Waals surface area contributed by atoms with E-state index in [9.17, 15) is 4.79 Å². The molecule has 5 rings (SSSR count). The largest absolute Gasteiger partial charge is 0.385 e. The van der Waals surface area contributed by atoms with Crippen LogP contribution in [0.4, 0.5) is 22.9 Å². The SMILES string of the molecule is CC1(C)CCNc2cc(NC(=O)c3cccnc3Nc3ccc4ncncc4c3)ccc21. The molecule has 0 saturated heterocycles. The maximum absolute atomic E-state index is 13.1. The Morgan fingerprint density at radius 2 is 1.94 bits per heavy atom. The zero-order valence-electron chi connectivity index (χ0n) is 18.0. The van der Waals surface area contributed by atoms with Crippen molar-refractivity contribution in [3.63, 3.8) is 0 Å². The fraction of sp³-hybridized carbons (Fsp3) is 0.200. The molecule has 1 aliphatic heterocycles. The molecule has 1 amide bonds. The van der Waals surface area contributed by atoms with Gasteiger partial charge in [-0.3, -0.25) is 4.79 Å². The smallest absolute Gasteiger partial charge is 0.259 e. The van der Waals surface area contributed by atoms with Crippen LogP contribution in [0.2, 0.25) is 0 Å². The summed E-state index contributed by atoms with van der Waals surface area (Å²) >= 11 is 0. The van der Waals surface area contributed by atoms with Crippen LogP contribution in [0.1, 0.15) is 36.2 Å². The third-order valence-corrected chi connectivity index (χ3v) is 5.89. The van der Waals surface area contributed by atoms with Crippen molar-refractivity contribution in [2.45, 2.75) is 25.7 Å². The Labute approximate surface area is 186 Å². The van der Waals surface area contributed by atoms with Gasteiger partial charge >= 0.3 is 0 Å². The van der Waals surface area contributed by atoms with Crippen LogP contribution in [0.3, 0.4) is 0 Å². The maximum atomic E-state index is 13.1. The van der Waals surface area contributed by atoms with Gasteiger partial charge in [0.05, 0.1) is 11.1 Å². The quantitative estimate of drug-likeness (QED) is 0.421. The molecule has 4 aromatic rings. The molecule has 2 aromatic heterocycles. The van der Waals surface area contributed by atoms with Gasteiger partial charge in [0.2, 0.25) is 0 Å². The van der Waals surface area contributed by atoms with Crippen LogP contribution in [0.25, 0.3) is 10.9 Å². The third kappa shape index (κ3) is 3.85. The second kappa shape index (κ2) is 7.92. The van der Waals surface area contributed by atoms with E-state index in [1.165, 1.54) is 11.9 Å². The van der Waals surface area contributed by atoms with E-state index < -0.39 is 0 Å². The molecule has 0 atom stereocenters. The first kappa shape index (κ1) is 19.9. The molecular formula is C25H24N6O. The summed E-state index contributed by atoms with van der Waals surface area (Å²) in [6, 6.07) is 15.3. The van der Waals surface area contributed by atoms with E-state index in [4.69, 9.17) is 0 Å². The summed E-state index contributed by atoms with van der Waals surface area (Å²) in [5.41, 5.74) is 5.33. The number of hydrogen-bond donors (Lipinski definition) is 3. The fourth-order valence-electron chi connectivity index (χ4n) is 4.09. The van der Waals surface area contributed by atoms with E-state index >= 15 is 0 Å². The number of anilines is 4. The lowest BCUT2D eigenvalue weighted by Gasteiger charge is -2.33. The highest BCUT2D eigenvalue weighted by molar-refractivity contribution is 6.08. The van der Waals surface area contributed by atoms with Crippen LogP contribution in [-0.4, -0.2) is 27.4 Å². The topological polar surface area (TPSA) is 91.8 Å². The summed E-state index contributed by atoms with van der Waals surface area (Å²) in [5.74, 6) is 0.262. The van der Waals surface area contributed by atoms with Crippen molar-refractivity contribution in [3.05, 3.63) is 78.4 Å². The molecule has 1 aliphatic rings. The summed E-state index contributed by atoms with van der Waals surface area (Å²) in [6.07, 6.45) is 6.02. The molecule has 160 valence electrons. The fourth-order valence-corrected chi connectivity index (χ4v) is 4.09. The van der Waals surface area contributed by atoms with Gasteiger partial charge in [-0.2, -0.15) is 0 Å². The lowest BCUT2D eigenvalue weighted by Crippen LogP contribution is -2.28.